The summed E-state index contributed by atoms with van der Waals surface area (Å²) in [7, 11) is -3.85. The van der Waals surface area contributed by atoms with Crippen LogP contribution in [-0.2, 0) is 10.0 Å². The Balaban J connectivity index is 2.39. The second kappa shape index (κ2) is 5.73. The zero-order valence-electron chi connectivity index (χ0n) is 10.6. The molecule has 0 radical (unpaired) electrons. The van der Waals surface area contributed by atoms with Crippen molar-refractivity contribution in [2.75, 3.05) is 11.3 Å². The molecule has 1 heterocycles. The number of nitrogens with zero attached hydrogens (tertiary/aromatic N) is 2. The molecule has 0 saturated carbocycles. The molecular formula is C12H12N4O3S. The van der Waals surface area contributed by atoms with E-state index in [1.54, 1.807) is 25.1 Å². The molecule has 0 aliphatic carbocycles. The minimum Gasteiger partial charge on any atom is -0.320 e. The highest BCUT2D eigenvalue weighted by atomic mass is 32.2. The smallest absolute Gasteiger partial charge is 0.320 e. The molecule has 0 bridgehead atoms. The van der Waals surface area contributed by atoms with Crippen LogP contribution in [-0.4, -0.2) is 25.1 Å². The fourth-order valence-corrected chi connectivity index (χ4v) is 2.55. The molecule has 0 fully saturated rings. The first-order valence-electron chi connectivity index (χ1n) is 5.64. The predicted molar refractivity (Wildman–Crippen MR) is 72.2 cm³/mol. The number of nitrogens with one attached hydrogen (secondary N) is 1. The maximum absolute atomic E-state index is 12.3. The van der Waals surface area contributed by atoms with Crippen molar-refractivity contribution in [3.8, 4) is 11.8 Å². The Morgan fingerprint density at radius 2 is 2.15 bits per heavy atom. The lowest BCUT2D eigenvalue weighted by Gasteiger charge is -2.05. The monoisotopic (exact) mass is 292 g/mol. The topological polar surface area (TPSA) is 111 Å². The summed E-state index contributed by atoms with van der Waals surface area (Å²) in [6.07, 6.45) is 0. The molecule has 1 aromatic heterocycles. The van der Waals surface area contributed by atoms with Gasteiger partial charge in [-0.2, -0.15) is 4.98 Å². The van der Waals surface area contributed by atoms with Gasteiger partial charge in [-0.3, -0.25) is 0 Å². The van der Waals surface area contributed by atoms with Gasteiger partial charge in [-0.15, -0.1) is 0 Å². The summed E-state index contributed by atoms with van der Waals surface area (Å²) in [6, 6.07) is 6.13. The van der Waals surface area contributed by atoms with E-state index >= 15 is 0 Å². The van der Waals surface area contributed by atoms with Crippen LogP contribution in [0, 0.1) is 18.8 Å². The number of aryl methyl sites for hydroxylation is 1. The summed E-state index contributed by atoms with van der Waals surface area (Å²) in [5.41, 5.74) is 5.64. The number of hydrogen-bond donors (Lipinski definition) is 2. The van der Waals surface area contributed by atoms with E-state index < -0.39 is 10.0 Å². The fraction of sp³-hybridized carbons (Fsp3) is 0.167. The Morgan fingerprint density at radius 1 is 1.40 bits per heavy atom. The second-order valence-electron chi connectivity index (χ2n) is 3.75. The Labute approximate surface area is 116 Å². The van der Waals surface area contributed by atoms with Crippen LogP contribution in [0.4, 0.5) is 6.01 Å². The number of benzene rings is 1. The van der Waals surface area contributed by atoms with E-state index in [1.165, 1.54) is 6.07 Å². The van der Waals surface area contributed by atoms with Gasteiger partial charge in [-0.25, -0.2) is 13.1 Å². The zero-order valence-corrected chi connectivity index (χ0v) is 11.4. The second-order valence-corrected chi connectivity index (χ2v) is 5.41. The Morgan fingerprint density at radius 3 is 2.80 bits per heavy atom. The number of sulfonamides is 1. The summed E-state index contributed by atoms with van der Waals surface area (Å²) in [5, 5.41) is 3.51. The lowest BCUT2D eigenvalue weighted by Crippen LogP contribution is -2.14. The van der Waals surface area contributed by atoms with Gasteiger partial charge in [-0.05, 0) is 19.1 Å². The third kappa shape index (κ3) is 3.14. The number of hydrogen-bond acceptors (Lipinski definition) is 6. The van der Waals surface area contributed by atoms with E-state index in [0.29, 0.717) is 11.4 Å². The van der Waals surface area contributed by atoms with Gasteiger partial charge in [0.1, 0.15) is 4.90 Å². The van der Waals surface area contributed by atoms with Crippen LogP contribution in [0.5, 0.6) is 0 Å². The average Bonchev–Trinajstić information content (AvgIpc) is 2.81. The maximum Gasteiger partial charge on any atom is 0.335 e. The van der Waals surface area contributed by atoms with Crippen LogP contribution in [0.3, 0.4) is 0 Å². The van der Waals surface area contributed by atoms with E-state index in [0.717, 1.165) is 0 Å². The summed E-state index contributed by atoms with van der Waals surface area (Å²) < 4.78 is 31.5. The van der Waals surface area contributed by atoms with Crippen molar-refractivity contribution in [3.05, 3.63) is 35.7 Å². The highest BCUT2D eigenvalue weighted by Gasteiger charge is 2.20. The zero-order chi connectivity index (χ0) is 14.6. The van der Waals surface area contributed by atoms with Gasteiger partial charge in [0, 0.05) is 5.56 Å². The predicted octanol–water partition coefficient (Wildman–Crippen LogP) is 0.489. The first kappa shape index (κ1) is 14.0. The molecule has 3 N–H and O–H groups in total. The molecule has 2 aromatic rings. The molecular weight excluding hydrogens is 280 g/mol. The summed E-state index contributed by atoms with van der Waals surface area (Å²) in [5.74, 6) is 5.66. The molecule has 1 aromatic carbocycles. The van der Waals surface area contributed by atoms with Crippen LogP contribution in [0.15, 0.2) is 33.7 Å². The van der Waals surface area contributed by atoms with Gasteiger partial charge < -0.3 is 10.3 Å². The third-order valence-electron chi connectivity index (χ3n) is 2.25. The largest absolute Gasteiger partial charge is 0.335 e. The number of rotatable bonds is 3. The first-order valence-corrected chi connectivity index (χ1v) is 7.12. The summed E-state index contributed by atoms with van der Waals surface area (Å²) in [4.78, 5) is 3.81. The standard InChI is InChI=1S/C12H12N4O3S/c1-9-14-12(19-15-9)16-20(17,18)11-7-3-2-5-10(11)6-4-8-13/h2-3,5,7H,8,13H2,1H3,(H,14,15,16). The molecule has 0 aliphatic heterocycles. The third-order valence-corrected chi connectivity index (χ3v) is 3.63. The van der Waals surface area contributed by atoms with Crippen molar-refractivity contribution in [2.24, 2.45) is 5.73 Å². The van der Waals surface area contributed by atoms with E-state index in [1.807, 2.05) is 0 Å². The van der Waals surface area contributed by atoms with E-state index in [2.05, 4.69) is 26.7 Å². The highest BCUT2D eigenvalue weighted by Crippen LogP contribution is 2.18. The first-order chi connectivity index (χ1) is 9.53. The Kier molecular flexibility index (Phi) is 4.02. The molecule has 8 heteroatoms. The minimum atomic E-state index is -3.85. The number of anilines is 1. The van der Waals surface area contributed by atoms with Gasteiger partial charge in [0.2, 0.25) is 0 Å². The van der Waals surface area contributed by atoms with Crippen LogP contribution in [0.25, 0.3) is 0 Å². The van der Waals surface area contributed by atoms with Crippen molar-refractivity contribution in [1.29, 1.82) is 0 Å². The van der Waals surface area contributed by atoms with Gasteiger partial charge >= 0.3 is 6.01 Å². The quantitative estimate of drug-likeness (QED) is 0.796. The fourth-order valence-electron chi connectivity index (χ4n) is 1.46. The van der Waals surface area contributed by atoms with Gasteiger partial charge in [0.05, 0.1) is 6.54 Å². The summed E-state index contributed by atoms with van der Waals surface area (Å²) >= 11 is 0. The van der Waals surface area contributed by atoms with Crippen LogP contribution in [0.1, 0.15) is 11.4 Å². The number of nitrogens with two attached hydrogens (primary N) is 1. The van der Waals surface area contributed by atoms with Crippen molar-refractivity contribution in [1.82, 2.24) is 10.1 Å². The Bertz CT molecular complexity index is 771. The van der Waals surface area contributed by atoms with E-state index in [-0.39, 0.29) is 17.5 Å². The van der Waals surface area contributed by atoms with E-state index in [9.17, 15) is 8.42 Å². The summed E-state index contributed by atoms with van der Waals surface area (Å²) in [6.45, 7) is 1.73. The van der Waals surface area contributed by atoms with Gasteiger partial charge in [0.15, 0.2) is 5.82 Å². The van der Waals surface area contributed by atoms with Crippen molar-refractivity contribution < 1.29 is 12.9 Å². The van der Waals surface area contributed by atoms with Crippen LogP contribution >= 0.6 is 0 Å². The molecule has 0 saturated heterocycles. The molecule has 0 spiro atoms. The molecule has 0 unspecified atom stereocenters. The molecule has 0 aliphatic rings. The number of aromatic nitrogens is 2. The van der Waals surface area contributed by atoms with Crippen molar-refractivity contribution in [3.63, 3.8) is 0 Å². The average molecular weight is 292 g/mol. The van der Waals surface area contributed by atoms with Crippen molar-refractivity contribution >= 4 is 16.0 Å². The molecule has 2 rings (SSSR count). The molecule has 104 valence electrons. The minimum absolute atomic E-state index is 0.0248. The SMILES string of the molecule is Cc1noc(NS(=O)(=O)c2ccccc2C#CCN)n1. The molecule has 20 heavy (non-hydrogen) atoms. The lowest BCUT2D eigenvalue weighted by molar-refractivity contribution is 0.429. The lowest BCUT2D eigenvalue weighted by atomic mass is 10.2. The van der Waals surface area contributed by atoms with Crippen LogP contribution < -0.4 is 10.5 Å². The Hall–Kier alpha value is -2.37. The highest BCUT2D eigenvalue weighted by molar-refractivity contribution is 7.92. The van der Waals surface area contributed by atoms with Crippen LogP contribution in [0.2, 0.25) is 0 Å². The maximum atomic E-state index is 12.3. The normalized spacial score (nSPS) is 10.7. The van der Waals surface area contributed by atoms with Gasteiger partial charge in [0.25, 0.3) is 10.0 Å². The van der Waals surface area contributed by atoms with Gasteiger partial charge in [-0.1, -0.05) is 29.1 Å². The molecule has 0 amide bonds. The van der Waals surface area contributed by atoms with E-state index in [4.69, 9.17) is 10.3 Å². The molecule has 7 nitrogen and oxygen atoms in total. The molecule has 0 atom stereocenters. The van der Waals surface area contributed by atoms with Crippen molar-refractivity contribution in [2.45, 2.75) is 11.8 Å².